The lowest BCUT2D eigenvalue weighted by atomic mass is 10.0. The lowest BCUT2D eigenvalue weighted by Crippen LogP contribution is -2.24. The third-order valence-electron chi connectivity index (χ3n) is 2.50. The Morgan fingerprint density at radius 1 is 1.36 bits per heavy atom. The topological polar surface area (TPSA) is 41.5 Å². The number of unbranched alkanes of at least 4 members (excludes halogenated alkanes) is 1. The third-order valence-corrected chi connectivity index (χ3v) is 2.50. The first-order chi connectivity index (χ1) is 6.85. The third kappa shape index (κ3) is 8.48. The number of methoxy groups -OCH3 is 1. The van der Waals surface area contributed by atoms with E-state index in [4.69, 9.17) is 9.84 Å². The van der Waals surface area contributed by atoms with E-state index in [1.165, 1.54) is 6.42 Å². The van der Waals surface area contributed by atoms with Gasteiger partial charge in [-0.3, -0.25) is 0 Å². The SMILES string of the molecule is CCC(CCO)CNCCCCOC. The van der Waals surface area contributed by atoms with Crippen molar-refractivity contribution in [2.75, 3.05) is 33.4 Å². The number of hydrogen-bond donors (Lipinski definition) is 2. The van der Waals surface area contributed by atoms with Crippen molar-refractivity contribution in [3.63, 3.8) is 0 Å². The maximum Gasteiger partial charge on any atom is 0.0462 e. The van der Waals surface area contributed by atoms with Gasteiger partial charge in [-0.05, 0) is 38.3 Å². The Kier molecular flexibility index (Phi) is 10.9. The second kappa shape index (κ2) is 11.0. The summed E-state index contributed by atoms with van der Waals surface area (Å²) >= 11 is 0. The van der Waals surface area contributed by atoms with Crippen LogP contribution in [0.1, 0.15) is 32.6 Å². The fraction of sp³-hybridized carbons (Fsp3) is 1.00. The zero-order chi connectivity index (χ0) is 10.6. The molecule has 1 atom stereocenters. The van der Waals surface area contributed by atoms with E-state index in [0.29, 0.717) is 12.5 Å². The maximum atomic E-state index is 8.80. The van der Waals surface area contributed by atoms with E-state index in [9.17, 15) is 0 Å². The molecule has 0 bridgehead atoms. The Balaban J connectivity index is 3.15. The minimum Gasteiger partial charge on any atom is -0.396 e. The van der Waals surface area contributed by atoms with E-state index < -0.39 is 0 Å². The van der Waals surface area contributed by atoms with Crippen LogP contribution in [-0.4, -0.2) is 38.5 Å². The summed E-state index contributed by atoms with van der Waals surface area (Å²) in [5.74, 6) is 0.627. The molecule has 0 radical (unpaired) electrons. The number of rotatable bonds is 10. The van der Waals surface area contributed by atoms with Gasteiger partial charge in [0.2, 0.25) is 0 Å². The molecule has 0 amide bonds. The first kappa shape index (κ1) is 13.9. The molecule has 0 aliphatic carbocycles. The second-order valence-electron chi connectivity index (χ2n) is 3.69. The molecule has 0 spiro atoms. The maximum absolute atomic E-state index is 8.80. The van der Waals surface area contributed by atoms with Crippen LogP contribution in [0.25, 0.3) is 0 Å². The van der Waals surface area contributed by atoms with Gasteiger partial charge in [0.05, 0.1) is 0 Å². The fourth-order valence-electron chi connectivity index (χ4n) is 1.44. The van der Waals surface area contributed by atoms with Gasteiger partial charge >= 0.3 is 0 Å². The smallest absolute Gasteiger partial charge is 0.0462 e. The van der Waals surface area contributed by atoms with Crippen molar-refractivity contribution in [3.8, 4) is 0 Å². The van der Waals surface area contributed by atoms with Crippen molar-refractivity contribution in [1.29, 1.82) is 0 Å². The summed E-state index contributed by atoms with van der Waals surface area (Å²) in [7, 11) is 1.74. The van der Waals surface area contributed by atoms with Crippen LogP contribution in [0.15, 0.2) is 0 Å². The van der Waals surface area contributed by atoms with Crippen molar-refractivity contribution in [2.24, 2.45) is 5.92 Å². The summed E-state index contributed by atoms with van der Waals surface area (Å²) in [5, 5.41) is 12.2. The summed E-state index contributed by atoms with van der Waals surface area (Å²) in [5.41, 5.74) is 0. The molecule has 1 unspecified atom stereocenters. The first-order valence-electron chi connectivity index (χ1n) is 5.65. The van der Waals surface area contributed by atoms with Gasteiger partial charge in [0, 0.05) is 20.3 Å². The van der Waals surface area contributed by atoms with Crippen molar-refractivity contribution in [2.45, 2.75) is 32.6 Å². The van der Waals surface area contributed by atoms with Gasteiger partial charge < -0.3 is 15.2 Å². The highest BCUT2D eigenvalue weighted by atomic mass is 16.5. The van der Waals surface area contributed by atoms with Crippen LogP contribution in [0.4, 0.5) is 0 Å². The van der Waals surface area contributed by atoms with Gasteiger partial charge in [-0.2, -0.15) is 0 Å². The summed E-state index contributed by atoms with van der Waals surface area (Å²) in [6.07, 6.45) is 4.36. The Morgan fingerprint density at radius 2 is 2.14 bits per heavy atom. The number of nitrogens with one attached hydrogen (secondary N) is 1. The Morgan fingerprint density at radius 3 is 2.71 bits per heavy atom. The quantitative estimate of drug-likeness (QED) is 0.528. The lowest BCUT2D eigenvalue weighted by Gasteiger charge is -2.13. The zero-order valence-corrected chi connectivity index (χ0v) is 9.59. The molecule has 0 aromatic heterocycles. The second-order valence-corrected chi connectivity index (χ2v) is 3.69. The molecular formula is C11H25NO2. The molecule has 0 aliphatic rings. The molecule has 0 aromatic rings. The monoisotopic (exact) mass is 203 g/mol. The molecule has 0 rings (SSSR count). The summed E-state index contributed by atoms with van der Waals surface area (Å²) < 4.78 is 4.97. The predicted octanol–water partition coefficient (Wildman–Crippen LogP) is 1.41. The van der Waals surface area contributed by atoms with Gasteiger partial charge in [0.1, 0.15) is 0 Å². The summed E-state index contributed by atoms with van der Waals surface area (Å²) in [6.45, 7) is 5.43. The highest BCUT2D eigenvalue weighted by Crippen LogP contribution is 2.05. The van der Waals surface area contributed by atoms with Crippen LogP contribution in [0.3, 0.4) is 0 Å². The number of hydrogen-bond acceptors (Lipinski definition) is 3. The van der Waals surface area contributed by atoms with Crippen molar-refractivity contribution in [3.05, 3.63) is 0 Å². The van der Waals surface area contributed by atoms with Gasteiger partial charge in [-0.15, -0.1) is 0 Å². The van der Waals surface area contributed by atoms with Crippen molar-refractivity contribution in [1.82, 2.24) is 5.32 Å². The molecule has 3 nitrogen and oxygen atoms in total. The Labute approximate surface area is 87.8 Å². The van der Waals surface area contributed by atoms with Crippen LogP contribution in [0, 0.1) is 5.92 Å². The highest BCUT2D eigenvalue weighted by molar-refractivity contribution is 4.60. The van der Waals surface area contributed by atoms with Gasteiger partial charge in [-0.1, -0.05) is 13.3 Å². The van der Waals surface area contributed by atoms with E-state index in [2.05, 4.69) is 12.2 Å². The molecule has 0 heterocycles. The summed E-state index contributed by atoms with van der Waals surface area (Å²) in [6, 6.07) is 0. The average Bonchev–Trinajstić information content (AvgIpc) is 2.21. The summed E-state index contributed by atoms with van der Waals surface area (Å²) in [4.78, 5) is 0. The highest BCUT2D eigenvalue weighted by Gasteiger charge is 2.03. The van der Waals surface area contributed by atoms with Gasteiger partial charge in [-0.25, -0.2) is 0 Å². The Bertz CT molecular complexity index is 109. The molecule has 86 valence electrons. The molecule has 0 saturated heterocycles. The van der Waals surface area contributed by atoms with Gasteiger partial charge in [0.25, 0.3) is 0 Å². The van der Waals surface area contributed by atoms with Crippen LogP contribution < -0.4 is 5.32 Å². The molecule has 14 heavy (non-hydrogen) atoms. The van der Waals surface area contributed by atoms with Crippen molar-refractivity contribution >= 4 is 0 Å². The predicted molar refractivity (Wildman–Crippen MR) is 59.5 cm³/mol. The minimum atomic E-state index is 0.309. The van der Waals surface area contributed by atoms with E-state index >= 15 is 0 Å². The number of aliphatic hydroxyl groups excluding tert-OH is 1. The molecule has 0 aromatic carbocycles. The lowest BCUT2D eigenvalue weighted by molar-refractivity contribution is 0.192. The van der Waals surface area contributed by atoms with Crippen LogP contribution in [0.2, 0.25) is 0 Å². The zero-order valence-electron chi connectivity index (χ0n) is 9.59. The number of aliphatic hydroxyl groups is 1. The normalized spacial score (nSPS) is 13.1. The molecule has 0 saturated carbocycles. The standard InChI is InChI=1S/C11H25NO2/c1-3-11(6-8-13)10-12-7-4-5-9-14-2/h11-13H,3-10H2,1-2H3. The van der Waals surface area contributed by atoms with E-state index in [-0.39, 0.29) is 0 Å². The van der Waals surface area contributed by atoms with E-state index in [0.717, 1.165) is 39.0 Å². The van der Waals surface area contributed by atoms with Crippen LogP contribution >= 0.6 is 0 Å². The largest absolute Gasteiger partial charge is 0.396 e. The fourth-order valence-corrected chi connectivity index (χ4v) is 1.44. The van der Waals surface area contributed by atoms with Gasteiger partial charge in [0.15, 0.2) is 0 Å². The molecule has 3 heteroatoms. The Hall–Kier alpha value is -0.120. The first-order valence-corrected chi connectivity index (χ1v) is 5.65. The van der Waals surface area contributed by atoms with Crippen LogP contribution in [0.5, 0.6) is 0 Å². The van der Waals surface area contributed by atoms with Crippen molar-refractivity contribution < 1.29 is 9.84 Å². The average molecular weight is 203 g/mol. The molecule has 0 aliphatic heterocycles. The molecule has 2 N–H and O–H groups in total. The number of ether oxygens (including phenoxy) is 1. The molecular weight excluding hydrogens is 178 g/mol. The van der Waals surface area contributed by atoms with E-state index in [1.54, 1.807) is 7.11 Å². The molecule has 0 fully saturated rings. The van der Waals surface area contributed by atoms with E-state index in [1.807, 2.05) is 0 Å². The minimum absolute atomic E-state index is 0.309. The van der Waals surface area contributed by atoms with Crippen LogP contribution in [-0.2, 0) is 4.74 Å².